The third kappa shape index (κ3) is 2.83. The maximum absolute atomic E-state index is 13.2. The number of amides is 1. The van der Waals surface area contributed by atoms with E-state index in [0.29, 0.717) is 5.56 Å². The molecule has 0 radical (unpaired) electrons. The van der Waals surface area contributed by atoms with Gasteiger partial charge in [-0.25, -0.2) is 4.39 Å². The molecule has 0 saturated heterocycles. The van der Waals surface area contributed by atoms with Crippen LogP contribution in [0.2, 0.25) is 0 Å². The summed E-state index contributed by atoms with van der Waals surface area (Å²) >= 11 is 0. The molecule has 0 aromatic heterocycles. The summed E-state index contributed by atoms with van der Waals surface area (Å²) in [6.45, 7) is 5.05. The van der Waals surface area contributed by atoms with Crippen molar-refractivity contribution in [2.24, 2.45) is 0 Å². The van der Waals surface area contributed by atoms with Crippen LogP contribution in [-0.4, -0.2) is 11.4 Å². The van der Waals surface area contributed by atoms with Crippen LogP contribution in [0.3, 0.4) is 0 Å². The second-order valence-corrected chi connectivity index (χ2v) is 4.19. The Bertz CT molecular complexity index is 457. The van der Waals surface area contributed by atoms with Crippen LogP contribution in [0, 0.1) is 25.1 Å². The first-order valence-corrected chi connectivity index (χ1v) is 4.92. The molecule has 0 heterocycles. The molecular weight excluding hydrogens is 205 g/mol. The molecule has 16 heavy (non-hydrogen) atoms. The highest BCUT2D eigenvalue weighted by Gasteiger charge is 2.18. The first-order valence-electron chi connectivity index (χ1n) is 4.92. The van der Waals surface area contributed by atoms with Crippen molar-refractivity contribution >= 4 is 5.91 Å². The lowest BCUT2D eigenvalue weighted by molar-refractivity contribution is 0.0929. The van der Waals surface area contributed by atoms with Crippen molar-refractivity contribution in [1.82, 2.24) is 5.32 Å². The lowest BCUT2D eigenvalue weighted by Gasteiger charge is -2.19. The van der Waals surface area contributed by atoms with Crippen molar-refractivity contribution in [3.05, 3.63) is 35.1 Å². The highest BCUT2D eigenvalue weighted by Crippen LogP contribution is 2.10. The van der Waals surface area contributed by atoms with Gasteiger partial charge in [0.2, 0.25) is 0 Å². The van der Waals surface area contributed by atoms with Crippen LogP contribution in [-0.2, 0) is 0 Å². The van der Waals surface area contributed by atoms with Crippen LogP contribution >= 0.6 is 0 Å². The van der Waals surface area contributed by atoms with Gasteiger partial charge < -0.3 is 5.32 Å². The molecule has 1 aromatic rings. The van der Waals surface area contributed by atoms with Crippen molar-refractivity contribution in [2.75, 3.05) is 0 Å². The standard InChI is InChI=1S/C13H14FNO/c1-5-13(3,4)15-12(16)10-7-6-9(2)11(14)8-10/h1,6-8H,2-4H3,(H,15,16). The van der Waals surface area contributed by atoms with Gasteiger partial charge in [0.1, 0.15) is 5.82 Å². The normalized spacial score (nSPS) is 10.7. The maximum atomic E-state index is 13.2. The van der Waals surface area contributed by atoms with Crippen molar-refractivity contribution in [3.8, 4) is 12.3 Å². The Morgan fingerprint density at radius 3 is 2.62 bits per heavy atom. The molecule has 84 valence electrons. The molecule has 3 heteroatoms. The van der Waals surface area contributed by atoms with Gasteiger partial charge in [0.05, 0.1) is 5.54 Å². The van der Waals surface area contributed by atoms with E-state index in [2.05, 4.69) is 11.2 Å². The second kappa shape index (κ2) is 4.36. The van der Waals surface area contributed by atoms with E-state index in [9.17, 15) is 9.18 Å². The van der Waals surface area contributed by atoms with E-state index in [-0.39, 0.29) is 11.5 Å². The smallest absolute Gasteiger partial charge is 0.252 e. The Kier molecular flexibility index (Phi) is 3.34. The fourth-order valence-electron chi connectivity index (χ4n) is 1.13. The Morgan fingerprint density at radius 2 is 2.12 bits per heavy atom. The van der Waals surface area contributed by atoms with Gasteiger partial charge in [-0.1, -0.05) is 12.0 Å². The predicted octanol–water partition coefficient (Wildman–Crippen LogP) is 2.28. The third-order valence-corrected chi connectivity index (χ3v) is 2.22. The molecular formula is C13H14FNO. The van der Waals surface area contributed by atoms with Crippen LogP contribution in [0.5, 0.6) is 0 Å². The molecule has 0 aliphatic heterocycles. The molecule has 2 nitrogen and oxygen atoms in total. The summed E-state index contributed by atoms with van der Waals surface area (Å²) in [7, 11) is 0. The number of aryl methyl sites for hydroxylation is 1. The average Bonchev–Trinajstić information content (AvgIpc) is 2.21. The van der Waals surface area contributed by atoms with Gasteiger partial charge >= 0.3 is 0 Å². The highest BCUT2D eigenvalue weighted by molar-refractivity contribution is 5.95. The maximum Gasteiger partial charge on any atom is 0.252 e. The summed E-state index contributed by atoms with van der Waals surface area (Å²) in [6, 6.07) is 4.34. The average molecular weight is 219 g/mol. The predicted molar refractivity (Wildman–Crippen MR) is 61.5 cm³/mol. The number of carbonyl (C=O) groups is 1. The van der Waals surface area contributed by atoms with Crippen LogP contribution in [0.4, 0.5) is 4.39 Å². The van der Waals surface area contributed by atoms with Crippen molar-refractivity contribution in [1.29, 1.82) is 0 Å². The number of halogens is 1. The molecule has 0 saturated carbocycles. The number of benzene rings is 1. The monoisotopic (exact) mass is 219 g/mol. The summed E-state index contributed by atoms with van der Waals surface area (Å²) < 4.78 is 13.2. The Hall–Kier alpha value is -1.82. The molecule has 0 unspecified atom stereocenters. The van der Waals surface area contributed by atoms with Crippen LogP contribution in [0.25, 0.3) is 0 Å². The molecule has 1 aromatic carbocycles. The van der Waals surface area contributed by atoms with E-state index in [0.717, 1.165) is 0 Å². The van der Waals surface area contributed by atoms with E-state index in [1.807, 2.05) is 0 Å². The van der Waals surface area contributed by atoms with Gasteiger partial charge in [-0.05, 0) is 38.5 Å². The number of carbonyl (C=O) groups excluding carboxylic acids is 1. The number of hydrogen-bond acceptors (Lipinski definition) is 1. The number of rotatable bonds is 2. The summed E-state index contributed by atoms with van der Waals surface area (Å²) in [4.78, 5) is 11.7. The highest BCUT2D eigenvalue weighted by atomic mass is 19.1. The molecule has 1 amide bonds. The summed E-state index contributed by atoms with van der Waals surface area (Å²) in [5, 5.41) is 2.63. The van der Waals surface area contributed by atoms with Gasteiger partial charge in [-0.3, -0.25) is 4.79 Å². The molecule has 0 aliphatic rings. The Morgan fingerprint density at radius 1 is 1.50 bits per heavy atom. The fraction of sp³-hybridized carbons (Fsp3) is 0.308. The number of terminal acetylenes is 1. The lowest BCUT2D eigenvalue weighted by Crippen LogP contribution is -2.42. The summed E-state index contributed by atoms with van der Waals surface area (Å²) in [6.07, 6.45) is 5.25. The van der Waals surface area contributed by atoms with Gasteiger partial charge in [-0.2, -0.15) is 0 Å². The molecule has 0 aliphatic carbocycles. The quantitative estimate of drug-likeness (QED) is 0.760. The molecule has 0 atom stereocenters. The third-order valence-electron chi connectivity index (χ3n) is 2.22. The lowest BCUT2D eigenvalue weighted by atomic mass is 10.1. The van der Waals surface area contributed by atoms with Gasteiger partial charge in [0.25, 0.3) is 5.91 Å². The minimum absolute atomic E-state index is 0.270. The zero-order valence-corrected chi connectivity index (χ0v) is 9.60. The van der Waals surface area contributed by atoms with E-state index < -0.39 is 11.4 Å². The zero-order chi connectivity index (χ0) is 12.3. The molecule has 0 fully saturated rings. The molecule has 0 spiro atoms. The van der Waals surface area contributed by atoms with E-state index in [4.69, 9.17) is 6.42 Å². The largest absolute Gasteiger partial charge is 0.336 e. The van der Waals surface area contributed by atoms with E-state index in [1.54, 1.807) is 32.9 Å². The first-order chi connectivity index (χ1) is 7.35. The summed E-state index contributed by atoms with van der Waals surface area (Å²) in [5.41, 5.74) is 0.0394. The minimum Gasteiger partial charge on any atom is -0.336 e. The minimum atomic E-state index is -0.738. The second-order valence-electron chi connectivity index (χ2n) is 4.19. The topological polar surface area (TPSA) is 29.1 Å². The number of hydrogen-bond donors (Lipinski definition) is 1. The molecule has 0 bridgehead atoms. The molecule has 1 N–H and O–H groups in total. The van der Waals surface area contributed by atoms with E-state index in [1.165, 1.54) is 6.07 Å². The first kappa shape index (κ1) is 12.3. The van der Waals surface area contributed by atoms with Gasteiger partial charge in [0.15, 0.2) is 0 Å². The van der Waals surface area contributed by atoms with Crippen LogP contribution in [0.1, 0.15) is 29.8 Å². The van der Waals surface area contributed by atoms with Crippen molar-refractivity contribution in [3.63, 3.8) is 0 Å². The fourth-order valence-corrected chi connectivity index (χ4v) is 1.13. The van der Waals surface area contributed by atoms with Crippen LogP contribution < -0.4 is 5.32 Å². The Labute approximate surface area is 94.9 Å². The SMILES string of the molecule is C#CC(C)(C)NC(=O)c1ccc(C)c(F)c1. The van der Waals surface area contributed by atoms with Gasteiger partial charge in [-0.15, -0.1) is 6.42 Å². The summed E-state index contributed by atoms with van der Waals surface area (Å²) in [5.74, 6) is 1.67. The Balaban J connectivity index is 2.91. The van der Waals surface area contributed by atoms with Gasteiger partial charge in [0, 0.05) is 5.56 Å². The van der Waals surface area contributed by atoms with E-state index >= 15 is 0 Å². The number of nitrogens with one attached hydrogen (secondary N) is 1. The van der Waals surface area contributed by atoms with Crippen molar-refractivity contribution in [2.45, 2.75) is 26.3 Å². The zero-order valence-electron chi connectivity index (χ0n) is 9.60. The molecule has 1 rings (SSSR count). The van der Waals surface area contributed by atoms with Crippen LogP contribution in [0.15, 0.2) is 18.2 Å². The van der Waals surface area contributed by atoms with Crippen molar-refractivity contribution < 1.29 is 9.18 Å².